The largest absolute Gasteiger partial charge is 0.476 e. The number of methoxy groups -OCH3 is 1. The minimum Gasteiger partial charge on any atom is -0.476 e. The second-order valence-electron chi connectivity index (χ2n) is 4.46. The van der Waals surface area contributed by atoms with Crippen molar-refractivity contribution < 1.29 is 14.3 Å². The van der Waals surface area contributed by atoms with Gasteiger partial charge in [0.05, 0.1) is 7.11 Å². The first kappa shape index (κ1) is 14.4. The smallest absolute Gasteiger partial charge is 0.376 e. The maximum atomic E-state index is 11.3. The van der Waals surface area contributed by atoms with Gasteiger partial charge in [0, 0.05) is 17.3 Å². The van der Waals surface area contributed by atoms with E-state index < -0.39 is 11.5 Å². The third-order valence-corrected chi connectivity index (χ3v) is 2.56. The van der Waals surface area contributed by atoms with Crippen LogP contribution in [-0.2, 0) is 4.74 Å². The van der Waals surface area contributed by atoms with Gasteiger partial charge in [-0.2, -0.15) is 4.98 Å². The molecule has 0 bridgehead atoms. The summed E-state index contributed by atoms with van der Waals surface area (Å²) in [7, 11) is 1.28. The Labute approximate surface area is 107 Å². The van der Waals surface area contributed by atoms with Crippen LogP contribution < -0.4 is 10.5 Å². The summed E-state index contributed by atoms with van der Waals surface area (Å²) in [5.41, 5.74) is 6.17. The number of nitrogens with two attached hydrogens (primary N) is 1. The van der Waals surface area contributed by atoms with Gasteiger partial charge in [0.2, 0.25) is 11.7 Å². The summed E-state index contributed by atoms with van der Waals surface area (Å²) >= 11 is 0. The Kier molecular flexibility index (Phi) is 4.61. The lowest BCUT2D eigenvalue weighted by atomic mass is 10.0. The predicted molar refractivity (Wildman–Crippen MR) is 66.5 cm³/mol. The fourth-order valence-electron chi connectivity index (χ4n) is 1.14. The number of hydrogen-bond donors (Lipinski definition) is 1. The monoisotopic (exact) mass is 253 g/mol. The molecular weight excluding hydrogens is 234 g/mol. The van der Waals surface area contributed by atoms with Crippen LogP contribution in [0.25, 0.3) is 0 Å². The molecule has 1 aromatic rings. The lowest BCUT2D eigenvalue weighted by Crippen LogP contribution is -2.41. The first-order valence-corrected chi connectivity index (χ1v) is 5.73. The zero-order valence-corrected chi connectivity index (χ0v) is 11.2. The predicted octanol–water partition coefficient (Wildman–Crippen LogP) is 1.08. The van der Waals surface area contributed by atoms with E-state index in [0.29, 0.717) is 18.2 Å². The molecule has 0 amide bonds. The number of ether oxygens (including phenoxy) is 2. The quantitative estimate of drug-likeness (QED) is 0.790. The topological polar surface area (TPSA) is 87.3 Å². The molecule has 6 nitrogen and oxygen atoms in total. The molecule has 1 unspecified atom stereocenters. The van der Waals surface area contributed by atoms with Gasteiger partial charge in [-0.05, 0) is 20.3 Å². The molecule has 1 atom stereocenters. The second kappa shape index (κ2) is 5.77. The van der Waals surface area contributed by atoms with E-state index in [-0.39, 0.29) is 5.82 Å². The lowest BCUT2D eigenvalue weighted by Gasteiger charge is -2.22. The van der Waals surface area contributed by atoms with Crippen molar-refractivity contribution in [2.75, 3.05) is 13.7 Å². The highest BCUT2D eigenvalue weighted by Gasteiger charge is 2.18. The van der Waals surface area contributed by atoms with Gasteiger partial charge in [0.25, 0.3) is 0 Å². The molecule has 0 saturated carbocycles. The summed E-state index contributed by atoms with van der Waals surface area (Å²) in [4.78, 5) is 19.3. The van der Waals surface area contributed by atoms with Gasteiger partial charge in [-0.25, -0.2) is 9.78 Å². The normalized spacial score (nSPS) is 13.8. The van der Waals surface area contributed by atoms with Crippen molar-refractivity contribution in [3.05, 3.63) is 17.6 Å². The van der Waals surface area contributed by atoms with Crippen LogP contribution >= 0.6 is 0 Å². The molecule has 0 aliphatic carbocycles. The highest BCUT2D eigenvalue weighted by Crippen LogP contribution is 2.13. The van der Waals surface area contributed by atoms with Crippen LogP contribution in [0.4, 0.5) is 0 Å². The zero-order valence-electron chi connectivity index (χ0n) is 11.2. The number of carbonyl (C=O) groups excluding carboxylic acids is 1. The number of rotatable bonds is 5. The highest BCUT2D eigenvalue weighted by atomic mass is 16.5. The summed E-state index contributed by atoms with van der Waals surface area (Å²) in [5.74, 6) is -0.273. The molecule has 18 heavy (non-hydrogen) atoms. The van der Waals surface area contributed by atoms with Crippen LogP contribution in [0.3, 0.4) is 0 Å². The molecule has 1 heterocycles. The Balaban J connectivity index is 2.84. The first-order chi connectivity index (χ1) is 8.38. The molecular formula is C12H19N3O3. The van der Waals surface area contributed by atoms with Crippen LogP contribution in [0.5, 0.6) is 5.88 Å². The van der Waals surface area contributed by atoms with Gasteiger partial charge in [0.1, 0.15) is 6.61 Å². The SMILES string of the molecule is CCC(C)(N)COc1cc(C)nc(C(=O)OC)n1. The lowest BCUT2D eigenvalue weighted by molar-refractivity contribution is 0.0584. The van der Waals surface area contributed by atoms with Crippen molar-refractivity contribution in [1.82, 2.24) is 9.97 Å². The number of aryl methyl sites for hydroxylation is 1. The number of carbonyl (C=O) groups is 1. The maximum Gasteiger partial charge on any atom is 0.376 e. The fourth-order valence-corrected chi connectivity index (χ4v) is 1.14. The molecule has 0 fully saturated rings. The van der Waals surface area contributed by atoms with Gasteiger partial charge >= 0.3 is 5.97 Å². The Bertz CT molecular complexity index is 433. The summed E-state index contributed by atoms with van der Waals surface area (Å²) in [6.45, 7) is 5.94. The van der Waals surface area contributed by atoms with Crippen LogP contribution in [-0.4, -0.2) is 35.2 Å². The van der Waals surface area contributed by atoms with Crippen molar-refractivity contribution in [2.24, 2.45) is 5.73 Å². The van der Waals surface area contributed by atoms with Crippen molar-refractivity contribution in [3.63, 3.8) is 0 Å². The summed E-state index contributed by atoms with van der Waals surface area (Å²) in [6.07, 6.45) is 0.779. The summed E-state index contributed by atoms with van der Waals surface area (Å²) < 4.78 is 10.1. The van der Waals surface area contributed by atoms with Crippen LogP contribution in [0.2, 0.25) is 0 Å². The van der Waals surface area contributed by atoms with Crippen LogP contribution in [0.15, 0.2) is 6.07 Å². The number of hydrogen-bond acceptors (Lipinski definition) is 6. The van der Waals surface area contributed by atoms with Crippen molar-refractivity contribution in [3.8, 4) is 5.88 Å². The average Bonchev–Trinajstić information content (AvgIpc) is 2.35. The molecule has 0 spiro atoms. The van der Waals surface area contributed by atoms with Gasteiger partial charge in [-0.15, -0.1) is 0 Å². The van der Waals surface area contributed by atoms with E-state index in [9.17, 15) is 4.79 Å². The standard InChI is InChI=1S/C12H19N3O3/c1-5-12(3,13)7-18-9-6-8(2)14-10(15-9)11(16)17-4/h6H,5,7,13H2,1-4H3. The third-order valence-electron chi connectivity index (χ3n) is 2.56. The van der Waals surface area contributed by atoms with E-state index >= 15 is 0 Å². The molecule has 0 radical (unpaired) electrons. The molecule has 0 aliphatic rings. The van der Waals surface area contributed by atoms with E-state index in [1.807, 2.05) is 13.8 Å². The number of nitrogens with zero attached hydrogens (tertiary/aromatic N) is 2. The molecule has 6 heteroatoms. The van der Waals surface area contributed by atoms with Crippen LogP contribution in [0.1, 0.15) is 36.6 Å². The molecule has 100 valence electrons. The van der Waals surface area contributed by atoms with Gasteiger partial charge in [0.15, 0.2) is 0 Å². The van der Waals surface area contributed by atoms with Gasteiger partial charge < -0.3 is 15.2 Å². The summed E-state index contributed by atoms with van der Waals surface area (Å²) in [6, 6.07) is 1.65. The Morgan fingerprint density at radius 1 is 1.50 bits per heavy atom. The van der Waals surface area contributed by atoms with E-state index in [4.69, 9.17) is 10.5 Å². The molecule has 1 rings (SSSR count). The van der Waals surface area contributed by atoms with E-state index in [1.165, 1.54) is 7.11 Å². The highest BCUT2D eigenvalue weighted by molar-refractivity contribution is 5.85. The molecule has 0 aromatic carbocycles. The molecule has 0 aliphatic heterocycles. The van der Waals surface area contributed by atoms with Crippen molar-refractivity contribution >= 4 is 5.97 Å². The van der Waals surface area contributed by atoms with E-state index in [0.717, 1.165) is 6.42 Å². The molecule has 2 N–H and O–H groups in total. The average molecular weight is 253 g/mol. The van der Waals surface area contributed by atoms with E-state index in [2.05, 4.69) is 14.7 Å². The Hall–Kier alpha value is -1.69. The minimum atomic E-state index is -0.588. The van der Waals surface area contributed by atoms with Gasteiger partial charge in [-0.3, -0.25) is 0 Å². The summed E-state index contributed by atoms with van der Waals surface area (Å²) in [5, 5.41) is 0. The van der Waals surface area contributed by atoms with Gasteiger partial charge in [-0.1, -0.05) is 6.92 Å². The minimum absolute atomic E-state index is 0.0114. The third kappa shape index (κ3) is 3.96. The fraction of sp³-hybridized carbons (Fsp3) is 0.583. The second-order valence-corrected chi connectivity index (χ2v) is 4.46. The van der Waals surface area contributed by atoms with Crippen molar-refractivity contribution in [2.45, 2.75) is 32.7 Å². The maximum absolute atomic E-state index is 11.3. The Morgan fingerprint density at radius 3 is 2.72 bits per heavy atom. The zero-order chi connectivity index (χ0) is 13.8. The van der Waals surface area contributed by atoms with Crippen LogP contribution in [0, 0.1) is 6.92 Å². The Morgan fingerprint density at radius 2 is 2.17 bits per heavy atom. The van der Waals surface area contributed by atoms with E-state index in [1.54, 1.807) is 13.0 Å². The molecule has 1 aromatic heterocycles. The number of aromatic nitrogens is 2. The van der Waals surface area contributed by atoms with Crippen molar-refractivity contribution in [1.29, 1.82) is 0 Å². The first-order valence-electron chi connectivity index (χ1n) is 5.73. The number of esters is 1. The molecule has 0 saturated heterocycles.